The molecule has 0 amide bonds. The molecular formula is C11H16N6O7. The zero-order valence-corrected chi connectivity index (χ0v) is 12.1. The van der Waals surface area contributed by atoms with Crippen LogP contribution in [0.3, 0.4) is 0 Å². The van der Waals surface area contributed by atoms with E-state index in [2.05, 4.69) is 20.4 Å². The Kier molecular flexibility index (Phi) is 7.43. The van der Waals surface area contributed by atoms with Crippen LogP contribution in [0.15, 0.2) is 6.07 Å². The number of hydrogen-bond acceptors (Lipinski definition) is 7. The van der Waals surface area contributed by atoms with E-state index < -0.39 is 24.3 Å². The summed E-state index contributed by atoms with van der Waals surface area (Å²) < 4.78 is 0. The van der Waals surface area contributed by atoms with Crippen LogP contribution >= 0.6 is 0 Å². The maximum atomic E-state index is 10.6. The molecule has 13 heteroatoms. The van der Waals surface area contributed by atoms with Crippen LogP contribution < -0.4 is 11.5 Å². The van der Waals surface area contributed by atoms with Crippen LogP contribution in [0, 0.1) is 0 Å². The lowest BCUT2D eigenvalue weighted by Crippen LogP contribution is -2.07. The van der Waals surface area contributed by atoms with Crippen molar-refractivity contribution >= 4 is 29.5 Å². The molecule has 0 unspecified atom stereocenters. The highest BCUT2D eigenvalue weighted by molar-refractivity contribution is 5.95. The molecule has 0 saturated heterocycles. The molecule has 0 radical (unpaired) electrons. The number of aromatic carboxylic acids is 1. The Morgan fingerprint density at radius 1 is 1.00 bits per heavy atom. The summed E-state index contributed by atoms with van der Waals surface area (Å²) in [6.45, 7) is 0. The molecule has 0 fully saturated rings. The molecule has 2 rings (SSSR count). The number of nitrogens with zero attached hydrogens (tertiary/aromatic N) is 2. The number of aliphatic carboxylic acids is 2. The summed E-state index contributed by atoms with van der Waals surface area (Å²) in [6, 6.07) is 1.49. The summed E-state index contributed by atoms with van der Waals surface area (Å²) >= 11 is 0. The molecule has 0 bridgehead atoms. The average molecular weight is 344 g/mol. The second-order valence-electron chi connectivity index (χ2n) is 4.23. The van der Waals surface area contributed by atoms with Crippen molar-refractivity contribution < 1.29 is 35.2 Å². The molecule has 0 aliphatic heterocycles. The number of rotatable bonds is 5. The third-order valence-electron chi connectivity index (χ3n) is 2.40. The Labute approximate surface area is 133 Å². The quantitative estimate of drug-likeness (QED) is 0.317. The van der Waals surface area contributed by atoms with E-state index in [0.717, 1.165) is 0 Å². The molecule has 0 aliphatic carbocycles. The minimum atomic E-state index is -1.29. The molecule has 13 nitrogen and oxygen atoms in total. The van der Waals surface area contributed by atoms with Gasteiger partial charge in [0.25, 0.3) is 0 Å². The predicted octanol–water partition coefficient (Wildman–Crippen LogP) is -1.89. The first kappa shape index (κ1) is 20.4. The van der Waals surface area contributed by atoms with Gasteiger partial charge in [-0.3, -0.25) is 19.8 Å². The first-order chi connectivity index (χ1) is 10.7. The largest absolute Gasteiger partial charge is 0.481 e. The van der Waals surface area contributed by atoms with Crippen molar-refractivity contribution in [3.63, 3.8) is 0 Å². The number of H-pyrrole nitrogens is 2. The van der Waals surface area contributed by atoms with Gasteiger partial charge in [0.1, 0.15) is 11.4 Å². The van der Waals surface area contributed by atoms with Crippen LogP contribution in [0.1, 0.15) is 21.7 Å². The van der Waals surface area contributed by atoms with E-state index >= 15 is 0 Å². The minimum absolute atomic E-state index is 0. The van der Waals surface area contributed by atoms with Gasteiger partial charge in [0.15, 0.2) is 5.82 Å². The highest BCUT2D eigenvalue weighted by Crippen LogP contribution is 2.13. The zero-order chi connectivity index (χ0) is 17.6. The molecule has 2 heterocycles. The van der Waals surface area contributed by atoms with Crippen molar-refractivity contribution in [1.29, 1.82) is 0 Å². The Balaban J connectivity index is 0.000000436. The summed E-state index contributed by atoms with van der Waals surface area (Å²) in [4.78, 5) is 30.9. The van der Waals surface area contributed by atoms with E-state index in [-0.39, 0.29) is 29.0 Å². The molecule has 11 N–H and O–H groups in total. The van der Waals surface area contributed by atoms with Crippen molar-refractivity contribution in [3.05, 3.63) is 23.0 Å². The van der Waals surface area contributed by atoms with Gasteiger partial charge in [0.05, 0.1) is 18.5 Å². The van der Waals surface area contributed by atoms with E-state index in [1.807, 2.05) is 0 Å². The van der Waals surface area contributed by atoms with Gasteiger partial charge >= 0.3 is 17.9 Å². The second-order valence-corrected chi connectivity index (χ2v) is 4.23. The van der Waals surface area contributed by atoms with Crippen LogP contribution in [-0.2, 0) is 22.4 Å². The van der Waals surface area contributed by atoms with Crippen molar-refractivity contribution in [3.8, 4) is 0 Å². The summed E-state index contributed by atoms with van der Waals surface area (Å²) in [5.74, 6) is -3.22. The molecule has 0 saturated carbocycles. The molecule has 0 spiro atoms. The predicted molar refractivity (Wildman–Crippen MR) is 79.3 cm³/mol. The lowest BCUT2D eigenvalue weighted by molar-refractivity contribution is -0.137. The summed E-state index contributed by atoms with van der Waals surface area (Å²) in [5, 5.41) is 37.0. The first-order valence-corrected chi connectivity index (χ1v) is 6.00. The fraction of sp³-hybridized carbons (Fsp3) is 0.182. The fourth-order valence-corrected chi connectivity index (χ4v) is 1.54. The number of carboxylic acids is 3. The fourth-order valence-electron chi connectivity index (χ4n) is 1.54. The number of aromatic amines is 2. The lowest BCUT2D eigenvalue weighted by atomic mass is 10.2. The normalized spacial score (nSPS) is 9.33. The number of aromatic nitrogens is 4. The molecule has 2 aromatic heterocycles. The van der Waals surface area contributed by atoms with E-state index in [9.17, 15) is 14.4 Å². The van der Waals surface area contributed by atoms with Crippen molar-refractivity contribution in [1.82, 2.24) is 20.4 Å². The van der Waals surface area contributed by atoms with Gasteiger partial charge < -0.3 is 32.3 Å². The molecule has 2 aromatic rings. The number of carbonyl (C=O) groups is 3. The molecule has 0 atom stereocenters. The minimum Gasteiger partial charge on any atom is -0.481 e. The Morgan fingerprint density at radius 2 is 1.58 bits per heavy atom. The van der Waals surface area contributed by atoms with Crippen LogP contribution in [-0.4, -0.2) is 59.1 Å². The highest BCUT2D eigenvalue weighted by atomic mass is 16.4. The van der Waals surface area contributed by atoms with Crippen molar-refractivity contribution in [2.75, 3.05) is 11.5 Å². The zero-order valence-electron chi connectivity index (χ0n) is 12.1. The van der Waals surface area contributed by atoms with Crippen molar-refractivity contribution in [2.45, 2.75) is 12.8 Å². The average Bonchev–Trinajstić information content (AvgIpc) is 2.95. The Bertz CT molecular complexity index is 722. The number of nitrogens with two attached hydrogens (primary N) is 2. The smallest absolute Gasteiger partial charge is 0.341 e. The topological polar surface area (TPSA) is 253 Å². The number of carboxylic acid groups (broad SMARTS) is 3. The SMILES string of the molecule is Nc1cc(CC(=O)O)[nH]n1.Nc1n[nH]c(CC(=O)O)c1C(=O)O.O. The highest BCUT2D eigenvalue weighted by Gasteiger charge is 2.19. The standard InChI is InChI=1S/C6H7N3O4.C5H7N3O2.H2O/c7-5-4(6(12)13)2(8-9-5)1-3(10)11;6-4-1-3(7-8-4)2-5(9)10;/h1H2,(H,10,11)(H,12,13)(H3,7,8,9);1H,2H2,(H,9,10)(H3,6,7,8);1H2. The number of nitrogen functional groups attached to an aromatic ring is 2. The second kappa shape index (κ2) is 8.74. The van der Waals surface area contributed by atoms with Gasteiger partial charge in [-0.25, -0.2) is 4.79 Å². The van der Waals surface area contributed by atoms with Gasteiger partial charge in [-0.1, -0.05) is 0 Å². The Morgan fingerprint density at radius 3 is 2.00 bits per heavy atom. The lowest BCUT2D eigenvalue weighted by Gasteiger charge is -1.94. The van der Waals surface area contributed by atoms with E-state index in [1.54, 1.807) is 0 Å². The Hall–Kier alpha value is -3.61. The van der Waals surface area contributed by atoms with Gasteiger partial charge in [-0.2, -0.15) is 10.2 Å². The first-order valence-electron chi connectivity index (χ1n) is 6.00. The molecule has 24 heavy (non-hydrogen) atoms. The third kappa shape index (κ3) is 6.02. The van der Waals surface area contributed by atoms with E-state index in [0.29, 0.717) is 11.5 Å². The molecule has 0 aliphatic rings. The maximum absolute atomic E-state index is 10.6. The van der Waals surface area contributed by atoms with Crippen LogP contribution in [0.4, 0.5) is 11.6 Å². The molecule has 132 valence electrons. The van der Waals surface area contributed by atoms with Gasteiger partial charge in [-0.15, -0.1) is 0 Å². The van der Waals surface area contributed by atoms with Gasteiger partial charge in [0.2, 0.25) is 0 Å². The maximum Gasteiger partial charge on any atom is 0.341 e. The molecule has 0 aromatic carbocycles. The number of nitrogens with one attached hydrogen (secondary N) is 2. The van der Waals surface area contributed by atoms with Gasteiger partial charge in [-0.05, 0) is 0 Å². The van der Waals surface area contributed by atoms with Gasteiger partial charge in [0, 0.05) is 11.8 Å². The number of hydrogen-bond donors (Lipinski definition) is 7. The van der Waals surface area contributed by atoms with Crippen molar-refractivity contribution in [2.24, 2.45) is 0 Å². The van der Waals surface area contributed by atoms with Crippen LogP contribution in [0.25, 0.3) is 0 Å². The van der Waals surface area contributed by atoms with E-state index in [1.165, 1.54) is 6.07 Å². The van der Waals surface area contributed by atoms with E-state index in [4.69, 9.17) is 26.8 Å². The molecular weight excluding hydrogens is 328 g/mol. The number of anilines is 2. The monoisotopic (exact) mass is 344 g/mol. The van der Waals surface area contributed by atoms with Crippen LogP contribution in [0.2, 0.25) is 0 Å². The van der Waals surface area contributed by atoms with Crippen LogP contribution in [0.5, 0.6) is 0 Å². The summed E-state index contributed by atoms with van der Waals surface area (Å²) in [7, 11) is 0. The third-order valence-corrected chi connectivity index (χ3v) is 2.40. The summed E-state index contributed by atoms with van der Waals surface area (Å²) in [5.41, 5.74) is 10.7. The summed E-state index contributed by atoms with van der Waals surface area (Å²) in [6.07, 6.45) is -0.504.